The number of thioether (sulfide) groups is 1. The van der Waals surface area contributed by atoms with Gasteiger partial charge in [-0.1, -0.05) is 43.8 Å². The molecule has 1 aromatic carbocycles. The average Bonchev–Trinajstić information content (AvgIpc) is 2.30. The molecule has 0 bridgehead atoms. The Labute approximate surface area is 99.6 Å². The van der Waals surface area contributed by atoms with E-state index in [1.54, 1.807) is 16.7 Å². The summed E-state index contributed by atoms with van der Waals surface area (Å²) in [5.74, 6) is 0.978. The summed E-state index contributed by atoms with van der Waals surface area (Å²) in [6.07, 6.45) is 0. The van der Waals surface area contributed by atoms with Crippen molar-refractivity contribution in [1.82, 2.24) is 0 Å². The van der Waals surface area contributed by atoms with Crippen LogP contribution in [-0.4, -0.2) is 17.0 Å². The van der Waals surface area contributed by atoms with Gasteiger partial charge in [0, 0.05) is 11.6 Å². The van der Waals surface area contributed by atoms with E-state index in [2.05, 4.69) is 18.8 Å². The second kappa shape index (κ2) is 4.70. The van der Waals surface area contributed by atoms with Crippen molar-refractivity contribution in [1.29, 1.82) is 0 Å². The smallest absolute Gasteiger partial charge is 0.282 e. The number of amides is 2. The van der Waals surface area contributed by atoms with Gasteiger partial charge in [-0.3, -0.25) is 4.90 Å². The quantitative estimate of drug-likeness (QED) is 0.786. The van der Waals surface area contributed by atoms with Crippen LogP contribution in [0.5, 0.6) is 0 Å². The Morgan fingerprint density at radius 1 is 1.31 bits per heavy atom. The van der Waals surface area contributed by atoms with E-state index in [1.807, 2.05) is 30.3 Å². The summed E-state index contributed by atoms with van der Waals surface area (Å²) < 4.78 is 0. The average molecular weight is 234 g/mol. The van der Waals surface area contributed by atoms with Crippen LogP contribution in [0.15, 0.2) is 35.3 Å². The van der Waals surface area contributed by atoms with Gasteiger partial charge in [0.05, 0.1) is 10.9 Å². The predicted octanol–water partition coefficient (Wildman–Crippen LogP) is 3.37. The van der Waals surface area contributed by atoms with Crippen LogP contribution < -0.4 is 4.90 Å². The molecule has 0 saturated carbocycles. The Hall–Kier alpha value is -1.29. The molecule has 0 atom stereocenters. The first-order valence-corrected chi connectivity index (χ1v) is 6.25. The minimum absolute atomic E-state index is 0.159. The predicted molar refractivity (Wildman–Crippen MR) is 69.0 cm³/mol. The Morgan fingerprint density at radius 2 is 2.00 bits per heavy atom. The van der Waals surface area contributed by atoms with Crippen LogP contribution in [0.2, 0.25) is 0 Å². The van der Waals surface area contributed by atoms with Gasteiger partial charge in [0.15, 0.2) is 0 Å². The fourth-order valence-electron chi connectivity index (χ4n) is 1.46. The molecule has 0 radical (unpaired) electrons. The lowest BCUT2D eigenvalue weighted by atomic mass is 10.2. The Balaban J connectivity index is 2.20. The molecule has 2 amide bonds. The van der Waals surface area contributed by atoms with Crippen molar-refractivity contribution in [2.45, 2.75) is 13.8 Å². The van der Waals surface area contributed by atoms with E-state index < -0.39 is 0 Å². The summed E-state index contributed by atoms with van der Waals surface area (Å²) >= 11 is 1.63. The normalized spacial score (nSPS) is 16.6. The number of benzene rings is 1. The Morgan fingerprint density at radius 3 is 2.56 bits per heavy atom. The van der Waals surface area contributed by atoms with Gasteiger partial charge < -0.3 is 0 Å². The first-order chi connectivity index (χ1) is 7.68. The van der Waals surface area contributed by atoms with Gasteiger partial charge in [0.1, 0.15) is 0 Å². The second-order valence-electron chi connectivity index (χ2n) is 3.92. The van der Waals surface area contributed by atoms with Crippen molar-refractivity contribution in [3.8, 4) is 0 Å². The first kappa shape index (κ1) is 11.2. The highest BCUT2D eigenvalue weighted by Gasteiger charge is 2.23. The number of anilines is 1. The summed E-state index contributed by atoms with van der Waals surface area (Å²) in [5.41, 5.74) is 0.909. The topological polar surface area (TPSA) is 32.7 Å². The van der Waals surface area contributed by atoms with Crippen molar-refractivity contribution < 1.29 is 4.79 Å². The third kappa shape index (κ3) is 2.27. The molecule has 84 valence electrons. The zero-order valence-corrected chi connectivity index (χ0v) is 10.2. The zero-order valence-electron chi connectivity index (χ0n) is 9.38. The van der Waals surface area contributed by atoms with Crippen molar-refractivity contribution in [2.24, 2.45) is 10.9 Å². The fraction of sp³-hybridized carbons (Fsp3) is 0.333. The highest BCUT2D eigenvalue weighted by atomic mass is 32.2. The minimum atomic E-state index is -0.159. The van der Waals surface area contributed by atoms with Crippen LogP contribution in [0, 0.1) is 5.92 Å². The molecule has 0 aromatic heterocycles. The van der Waals surface area contributed by atoms with E-state index in [1.165, 1.54) is 0 Å². The molecule has 0 spiro atoms. The molecule has 1 aliphatic heterocycles. The number of para-hydroxylation sites is 1. The summed E-state index contributed by atoms with van der Waals surface area (Å²) in [6, 6.07) is 9.48. The number of carbonyl (C=O) groups excluding carboxylic acids is 1. The van der Waals surface area contributed by atoms with Gasteiger partial charge in [-0.25, -0.2) is 4.79 Å². The number of hydrogen-bond acceptors (Lipinski definition) is 2. The van der Waals surface area contributed by atoms with Crippen LogP contribution in [0.4, 0.5) is 10.5 Å². The molecule has 1 heterocycles. The van der Waals surface area contributed by atoms with Gasteiger partial charge in [-0.2, -0.15) is 4.99 Å². The number of rotatable bonds is 2. The Kier molecular flexibility index (Phi) is 3.29. The van der Waals surface area contributed by atoms with E-state index in [0.29, 0.717) is 11.8 Å². The summed E-state index contributed by atoms with van der Waals surface area (Å²) in [5, 5.41) is 0.928. The molecule has 0 fully saturated rings. The van der Waals surface area contributed by atoms with Crippen LogP contribution in [-0.2, 0) is 0 Å². The third-order valence-electron chi connectivity index (χ3n) is 2.34. The maximum atomic E-state index is 11.8. The molecule has 0 saturated heterocycles. The fourth-order valence-corrected chi connectivity index (χ4v) is 2.46. The number of aliphatic imine (C=N–C) groups is 1. The molecule has 1 aromatic rings. The van der Waals surface area contributed by atoms with Gasteiger partial charge >= 0.3 is 6.03 Å². The molecular weight excluding hydrogens is 220 g/mol. The maximum absolute atomic E-state index is 11.8. The summed E-state index contributed by atoms with van der Waals surface area (Å²) in [6.45, 7) is 4.11. The van der Waals surface area contributed by atoms with Crippen LogP contribution in [0.1, 0.15) is 13.8 Å². The molecule has 0 aliphatic carbocycles. The highest BCUT2D eigenvalue weighted by molar-refractivity contribution is 8.14. The molecule has 0 N–H and O–H groups in total. The molecule has 2 rings (SSSR count). The second-order valence-corrected chi connectivity index (χ2v) is 4.89. The van der Waals surface area contributed by atoms with E-state index in [-0.39, 0.29) is 6.03 Å². The Bertz CT molecular complexity index is 414. The monoisotopic (exact) mass is 234 g/mol. The number of hydrogen-bond donors (Lipinski definition) is 0. The van der Waals surface area contributed by atoms with Crippen molar-refractivity contribution >= 4 is 28.5 Å². The van der Waals surface area contributed by atoms with Crippen LogP contribution in [0.3, 0.4) is 0 Å². The first-order valence-electron chi connectivity index (χ1n) is 5.26. The zero-order chi connectivity index (χ0) is 11.5. The van der Waals surface area contributed by atoms with Crippen molar-refractivity contribution in [3.05, 3.63) is 30.3 Å². The van der Waals surface area contributed by atoms with E-state index in [9.17, 15) is 4.79 Å². The summed E-state index contributed by atoms with van der Waals surface area (Å²) in [4.78, 5) is 17.6. The largest absolute Gasteiger partial charge is 0.349 e. The third-order valence-corrected chi connectivity index (χ3v) is 3.59. The molecule has 0 unspecified atom stereocenters. The molecule has 3 nitrogen and oxygen atoms in total. The standard InChI is InChI=1S/C12H14N2OS/c1-9(2)11-13-12(15)14(8-16-11)10-6-4-3-5-7-10/h3-7,9H,8H2,1-2H3. The molecule has 1 aliphatic rings. The van der Waals surface area contributed by atoms with Gasteiger partial charge in [-0.05, 0) is 12.1 Å². The highest BCUT2D eigenvalue weighted by Crippen LogP contribution is 2.25. The number of nitrogens with zero attached hydrogens (tertiary/aromatic N) is 2. The van der Waals surface area contributed by atoms with Gasteiger partial charge in [0.2, 0.25) is 0 Å². The minimum Gasteiger partial charge on any atom is -0.282 e. The van der Waals surface area contributed by atoms with E-state index >= 15 is 0 Å². The number of carbonyl (C=O) groups is 1. The van der Waals surface area contributed by atoms with Crippen LogP contribution >= 0.6 is 11.8 Å². The number of urea groups is 1. The van der Waals surface area contributed by atoms with E-state index in [4.69, 9.17) is 0 Å². The maximum Gasteiger partial charge on any atom is 0.349 e. The van der Waals surface area contributed by atoms with Gasteiger partial charge in [-0.15, -0.1) is 0 Å². The lowest BCUT2D eigenvalue weighted by Crippen LogP contribution is -2.33. The van der Waals surface area contributed by atoms with Crippen molar-refractivity contribution in [3.63, 3.8) is 0 Å². The van der Waals surface area contributed by atoms with Crippen LogP contribution in [0.25, 0.3) is 0 Å². The lowest BCUT2D eigenvalue weighted by Gasteiger charge is -2.25. The molecular formula is C12H14N2OS. The SMILES string of the molecule is CC(C)C1=NC(=O)N(c2ccccc2)CS1. The summed E-state index contributed by atoms with van der Waals surface area (Å²) in [7, 11) is 0. The van der Waals surface area contributed by atoms with E-state index in [0.717, 1.165) is 10.7 Å². The van der Waals surface area contributed by atoms with Gasteiger partial charge in [0.25, 0.3) is 0 Å². The van der Waals surface area contributed by atoms with Crippen molar-refractivity contribution in [2.75, 3.05) is 10.8 Å². The molecule has 4 heteroatoms. The lowest BCUT2D eigenvalue weighted by molar-refractivity contribution is 0.255. The molecule has 16 heavy (non-hydrogen) atoms.